The van der Waals surface area contributed by atoms with E-state index in [0.29, 0.717) is 5.13 Å². The molecule has 98 valence electrons. The molecule has 0 aliphatic carbocycles. The fourth-order valence-corrected chi connectivity index (χ4v) is 3.75. The van der Waals surface area contributed by atoms with Gasteiger partial charge in [0.05, 0.1) is 6.26 Å². The van der Waals surface area contributed by atoms with Gasteiger partial charge in [-0.2, -0.15) is 0 Å². The molecule has 1 aliphatic heterocycles. The van der Waals surface area contributed by atoms with Gasteiger partial charge in [0, 0.05) is 25.3 Å². The highest BCUT2D eigenvalue weighted by Gasteiger charge is 2.17. The zero-order valence-electron chi connectivity index (χ0n) is 9.82. The normalized spacial score (nSPS) is 17.6. The number of rotatable bonds is 4. The zero-order chi connectivity index (χ0) is 13.0. The van der Waals surface area contributed by atoms with Gasteiger partial charge >= 0.3 is 6.03 Å². The number of urea groups is 1. The number of nitrogens with one attached hydrogen (secondary N) is 1. The molecule has 0 spiro atoms. The van der Waals surface area contributed by atoms with Crippen LogP contribution in [0.5, 0.6) is 0 Å². The molecule has 1 atom stereocenters. The Hall–Kier alpha value is -0.930. The lowest BCUT2D eigenvalue weighted by molar-refractivity contribution is 0.249. The summed E-state index contributed by atoms with van der Waals surface area (Å²) in [6.45, 7) is 0. The predicted molar refractivity (Wildman–Crippen MR) is 75.1 cm³/mol. The van der Waals surface area contributed by atoms with Crippen LogP contribution in [0.1, 0.15) is 0 Å². The molecule has 0 saturated carbocycles. The Morgan fingerprint density at radius 2 is 2.50 bits per heavy atom. The van der Waals surface area contributed by atoms with Gasteiger partial charge in [-0.3, -0.25) is 4.90 Å². The summed E-state index contributed by atoms with van der Waals surface area (Å²) in [7, 11) is 3.24. The molecule has 0 radical (unpaired) electrons. The molecule has 2 rings (SSSR count). The molecule has 0 fully saturated rings. The quantitative estimate of drug-likeness (QED) is 0.677. The maximum absolute atomic E-state index is 11.4. The van der Waals surface area contributed by atoms with Crippen LogP contribution in [0.2, 0.25) is 0 Å². The summed E-state index contributed by atoms with van der Waals surface area (Å²) in [5.41, 5.74) is 0.138. The highest BCUT2D eigenvalue weighted by molar-refractivity contribution is 8.05. The van der Waals surface area contributed by atoms with Gasteiger partial charge in [0.25, 0.3) is 0 Å². The summed E-state index contributed by atoms with van der Waals surface area (Å²) in [5.74, 6) is 0.802. The summed E-state index contributed by atoms with van der Waals surface area (Å²) >= 11 is 4.61. The standard InChI is InChI=1S/C9H12N4O2S3/c1-10-7(14)13(2)8-11-12-9(18-8)17-5-6-15-3-4-16-6/h3-4,6H,5H2,1-2H3,(H,10,14). The van der Waals surface area contributed by atoms with Crippen molar-refractivity contribution < 1.29 is 9.53 Å². The fraction of sp³-hybridized carbons (Fsp3) is 0.444. The van der Waals surface area contributed by atoms with E-state index in [1.54, 1.807) is 43.9 Å². The second-order valence-electron chi connectivity index (χ2n) is 3.25. The van der Waals surface area contributed by atoms with Gasteiger partial charge in [0.1, 0.15) is 0 Å². The number of nitrogens with zero attached hydrogens (tertiary/aromatic N) is 3. The molecule has 18 heavy (non-hydrogen) atoms. The van der Waals surface area contributed by atoms with Crippen molar-refractivity contribution in [2.45, 2.75) is 9.78 Å². The molecule has 9 heteroatoms. The van der Waals surface area contributed by atoms with Crippen molar-refractivity contribution in [1.82, 2.24) is 15.5 Å². The van der Waals surface area contributed by atoms with E-state index >= 15 is 0 Å². The van der Waals surface area contributed by atoms with Crippen LogP contribution >= 0.6 is 34.9 Å². The third-order valence-electron chi connectivity index (χ3n) is 2.06. The summed E-state index contributed by atoms with van der Waals surface area (Å²) in [5, 5.41) is 13.1. The van der Waals surface area contributed by atoms with Crippen LogP contribution in [0.25, 0.3) is 0 Å². The van der Waals surface area contributed by atoms with Crippen LogP contribution in [0.4, 0.5) is 9.93 Å². The third-order valence-corrected chi connectivity index (χ3v) is 5.32. The van der Waals surface area contributed by atoms with Crippen LogP contribution in [0.3, 0.4) is 0 Å². The Balaban J connectivity index is 1.87. The van der Waals surface area contributed by atoms with Crippen molar-refractivity contribution in [1.29, 1.82) is 0 Å². The molecule has 1 aromatic heterocycles. The monoisotopic (exact) mass is 304 g/mol. The Bertz CT molecular complexity index is 443. The van der Waals surface area contributed by atoms with E-state index in [-0.39, 0.29) is 11.5 Å². The number of carbonyl (C=O) groups is 1. The van der Waals surface area contributed by atoms with Gasteiger partial charge in [-0.15, -0.1) is 10.2 Å². The van der Waals surface area contributed by atoms with Gasteiger partial charge in [-0.05, 0) is 0 Å². The van der Waals surface area contributed by atoms with Crippen molar-refractivity contribution in [3.63, 3.8) is 0 Å². The van der Waals surface area contributed by atoms with E-state index in [2.05, 4.69) is 15.5 Å². The van der Waals surface area contributed by atoms with Gasteiger partial charge in [-0.25, -0.2) is 4.79 Å². The SMILES string of the molecule is CNC(=O)N(C)c1nnc(SCC2OC=CS2)s1. The second-order valence-corrected chi connectivity index (χ2v) is 6.54. The maximum atomic E-state index is 11.4. The lowest BCUT2D eigenvalue weighted by Gasteiger charge is -2.11. The fourth-order valence-electron chi connectivity index (χ4n) is 1.14. The van der Waals surface area contributed by atoms with Crippen LogP contribution in [0, 0.1) is 0 Å². The molecule has 0 saturated heterocycles. The first-order valence-corrected chi connectivity index (χ1v) is 7.83. The van der Waals surface area contributed by atoms with E-state index in [0.717, 1.165) is 10.1 Å². The molecule has 1 unspecified atom stereocenters. The molecule has 0 bridgehead atoms. The number of hydrogen-bond acceptors (Lipinski definition) is 7. The minimum Gasteiger partial charge on any atom is -0.486 e. The predicted octanol–water partition coefficient (Wildman–Crippen LogP) is 1.97. The minimum atomic E-state index is -0.207. The van der Waals surface area contributed by atoms with Crippen molar-refractivity contribution >= 4 is 46.0 Å². The Labute approximate surface area is 117 Å². The maximum Gasteiger partial charge on any atom is 0.323 e. The Morgan fingerprint density at radius 1 is 1.67 bits per heavy atom. The first-order chi connectivity index (χ1) is 8.70. The molecule has 2 amide bonds. The van der Waals surface area contributed by atoms with Crippen LogP contribution in [-0.4, -0.2) is 41.5 Å². The summed E-state index contributed by atoms with van der Waals surface area (Å²) in [6, 6.07) is -0.207. The number of ether oxygens (including phenoxy) is 1. The van der Waals surface area contributed by atoms with Crippen molar-refractivity contribution in [2.24, 2.45) is 0 Å². The minimum absolute atomic E-state index is 0.138. The van der Waals surface area contributed by atoms with Gasteiger partial charge < -0.3 is 10.1 Å². The van der Waals surface area contributed by atoms with E-state index < -0.39 is 0 Å². The first-order valence-electron chi connectivity index (χ1n) is 5.08. The smallest absolute Gasteiger partial charge is 0.323 e. The number of amides is 2. The highest BCUT2D eigenvalue weighted by Crippen LogP contribution is 2.31. The molecule has 1 aromatic rings. The van der Waals surface area contributed by atoms with Crippen molar-refractivity contribution in [3.05, 3.63) is 11.7 Å². The number of anilines is 1. The number of carbonyl (C=O) groups excluding carboxylic acids is 1. The number of aromatic nitrogens is 2. The van der Waals surface area contributed by atoms with Gasteiger partial charge in [-0.1, -0.05) is 34.9 Å². The summed E-state index contributed by atoms with van der Waals surface area (Å²) in [6.07, 6.45) is 1.70. The van der Waals surface area contributed by atoms with Gasteiger partial charge in [0.15, 0.2) is 9.78 Å². The van der Waals surface area contributed by atoms with Crippen LogP contribution < -0.4 is 10.2 Å². The van der Waals surface area contributed by atoms with E-state index in [9.17, 15) is 4.79 Å². The van der Waals surface area contributed by atoms with Crippen molar-refractivity contribution in [3.8, 4) is 0 Å². The topological polar surface area (TPSA) is 67.4 Å². The van der Waals surface area contributed by atoms with Crippen LogP contribution in [0.15, 0.2) is 16.0 Å². The lowest BCUT2D eigenvalue weighted by atomic mass is 10.8. The van der Waals surface area contributed by atoms with Crippen molar-refractivity contribution in [2.75, 3.05) is 24.7 Å². The largest absolute Gasteiger partial charge is 0.486 e. The number of hydrogen-bond donors (Lipinski definition) is 1. The summed E-state index contributed by atoms with van der Waals surface area (Å²) < 4.78 is 6.16. The third kappa shape index (κ3) is 3.30. The average molecular weight is 304 g/mol. The summed E-state index contributed by atoms with van der Waals surface area (Å²) in [4.78, 5) is 12.8. The molecule has 6 nitrogen and oxygen atoms in total. The second kappa shape index (κ2) is 6.30. The van der Waals surface area contributed by atoms with Crippen LogP contribution in [-0.2, 0) is 4.74 Å². The first kappa shape index (κ1) is 13.5. The molecule has 2 heterocycles. The highest BCUT2D eigenvalue weighted by atomic mass is 32.2. The molecule has 1 aliphatic rings. The molecule has 0 aromatic carbocycles. The molecular formula is C9H12N4O2S3. The number of thioether (sulfide) groups is 2. The molecule has 1 N–H and O–H groups in total. The average Bonchev–Trinajstić information content (AvgIpc) is 3.05. The zero-order valence-corrected chi connectivity index (χ0v) is 12.3. The van der Waals surface area contributed by atoms with E-state index in [1.807, 2.05) is 5.41 Å². The van der Waals surface area contributed by atoms with E-state index in [1.165, 1.54) is 16.2 Å². The van der Waals surface area contributed by atoms with Gasteiger partial charge in [0.2, 0.25) is 5.13 Å². The lowest BCUT2D eigenvalue weighted by Crippen LogP contribution is -2.34. The Kier molecular flexibility index (Phi) is 4.72. The van der Waals surface area contributed by atoms with E-state index in [4.69, 9.17) is 4.74 Å². The molecular weight excluding hydrogens is 292 g/mol. The Morgan fingerprint density at radius 3 is 3.17 bits per heavy atom.